The lowest BCUT2D eigenvalue weighted by Crippen LogP contribution is -2.32. The summed E-state index contributed by atoms with van der Waals surface area (Å²) in [7, 11) is 3.48. The number of nitrogens with zero attached hydrogens (tertiary/aromatic N) is 2. The highest BCUT2D eigenvalue weighted by molar-refractivity contribution is 6.68. The molecular formula is C40H34B2F6N4. The summed E-state index contributed by atoms with van der Waals surface area (Å²) in [5, 5.41) is 6.31. The van der Waals surface area contributed by atoms with Crippen LogP contribution in [0.25, 0.3) is 44.9 Å². The zero-order valence-corrected chi connectivity index (χ0v) is 28.6. The Morgan fingerprint density at radius 1 is 0.538 bits per heavy atom. The van der Waals surface area contributed by atoms with Crippen molar-refractivity contribution in [3.05, 3.63) is 107 Å². The van der Waals surface area contributed by atoms with E-state index in [1.165, 1.54) is 23.3 Å². The van der Waals surface area contributed by atoms with E-state index in [0.717, 1.165) is 108 Å². The van der Waals surface area contributed by atoms with Crippen LogP contribution in [0, 0.1) is 0 Å². The summed E-state index contributed by atoms with van der Waals surface area (Å²) in [5.74, 6) is 0. The van der Waals surface area contributed by atoms with E-state index in [4.69, 9.17) is 0 Å². The van der Waals surface area contributed by atoms with E-state index in [-0.39, 0.29) is 0 Å². The molecule has 0 unspecified atom stereocenters. The molecule has 4 heterocycles. The minimum atomic E-state index is -4.52. The van der Waals surface area contributed by atoms with Gasteiger partial charge in [-0.25, -0.2) is 0 Å². The fraction of sp³-hybridized carbons (Fsp3) is 0.250. The number of aryl methyl sites for hydroxylation is 2. The molecule has 2 aliphatic rings. The van der Waals surface area contributed by atoms with Crippen molar-refractivity contribution in [1.29, 1.82) is 0 Å². The SMILES string of the molecule is CCCCc1ccc(-n2c3c(c4c2c2c(n4-c4ccc(CCCC)cc4)-c4ccc(C(F)(F)F)cc4N[B]2)[B]Nc2cc(C(F)(F)F)ccc2-3)cc1. The summed E-state index contributed by atoms with van der Waals surface area (Å²) in [5.41, 5.74) is 8.84. The van der Waals surface area contributed by atoms with E-state index >= 15 is 0 Å². The van der Waals surface area contributed by atoms with Crippen molar-refractivity contribution < 1.29 is 26.3 Å². The lowest BCUT2D eigenvalue weighted by Gasteiger charge is -2.26. The molecule has 52 heavy (non-hydrogen) atoms. The van der Waals surface area contributed by atoms with E-state index < -0.39 is 23.5 Å². The quantitative estimate of drug-likeness (QED) is 0.122. The van der Waals surface area contributed by atoms with Crippen LogP contribution >= 0.6 is 0 Å². The van der Waals surface area contributed by atoms with Gasteiger partial charge in [0, 0.05) is 33.9 Å². The first-order valence-corrected chi connectivity index (χ1v) is 17.6. The molecule has 0 bridgehead atoms. The monoisotopic (exact) mass is 706 g/mol. The molecule has 0 fully saturated rings. The van der Waals surface area contributed by atoms with Gasteiger partial charge in [-0.3, -0.25) is 0 Å². The topological polar surface area (TPSA) is 33.9 Å². The predicted molar refractivity (Wildman–Crippen MR) is 199 cm³/mol. The van der Waals surface area contributed by atoms with Gasteiger partial charge in [-0.15, -0.1) is 0 Å². The van der Waals surface area contributed by atoms with Crippen molar-refractivity contribution in [2.45, 2.75) is 64.7 Å². The van der Waals surface area contributed by atoms with Crippen LogP contribution in [0.2, 0.25) is 0 Å². The van der Waals surface area contributed by atoms with Crippen molar-refractivity contribution in [1.82, 2.24) is 9.13 Å². The fourth-order valence-corrected chi connectivity index (χ4v) is 7.50. The van der Waals surface area contributed by atoms with Gasteiger partial charge in [-0.05, 0) is 96.3 Å². The molecule has 0 aliphatic carbocycles. The summed E-state index contributed by atoms with van der Waals surface area (Å²) < 4.78 is 87.3. The van der Waals surface area contributed by atoms with Gasteiger partial charge in [-0.1, -0.05) is 63.1 Å². The average molecular weight is 706 g/mol. The van der Waals surface area contributed by atoms with Crippen LogP contribution < -0.4 is 21.4 Å². The van der Waals surface area contributed by atoms with Crippen LogP contribution in [0.4, 0.5) is 37.7 Å². The van der Waals surface area contributed by atoms with E-state index in [9.17, 15) is 26.3 Å². The molecule has 0 atom stereocenters. The lowest BCUT2D eigenvalue weighted by molar-refractivity contribution is -0.138. The molecule has 6 aromatic rings. The van der Waals surface area contributed by atoms with Crippen molar-refractivity contribution in [3.63, 3.8) is 0 Å². The number of benzene rings is 4. The number of rotatable bonds is 8. The molecule has 2 N–H and O–H groups in total. The van der Waals surface area contributed by atoms with Gasteiger partial charge in [0.15, 0.2) is 0 Å². The largest absolute Gasteiger partial charge is 0.427 e. The highest BCUT2D eigenvalue weighted by Crippen LogP contribution is 2.44. The number of nitrogens with one attached hydrogen (secondary N) is 2. The third-order valence-electron chi connectivity index (χ3n) is 10.1. The maximum Gasteiger partial charge on any atom is 0.416 e. The Morgan fingerprint density at radius 2 is 0.923 bits per heavy atom. The number of halogens is 6. The standard InChI is InChI=1S/C40H34B2F6N4/c1-3-5-7-23-9-15-27(16-10-23)51-35-29-19-13-25(39(43,44)45)21-31(29)49-41-33(35)38-37(51)34-36(52(38)28-17-11-24(12-18-28)8-6-4-2)30-20-14-26(40(46,47)48)22-32(30)50-42-34/h9-22,49-50H,3-8H2,1-2H3. The first-order chi connectivity index (χ1) is 25.0. The zero-order chi connectivity index (χ0) is 36.4. The summed E-state index contributed by atoms with van der Waals surface area (Å²) in [6, 6.07) is 23.9. The zero-order valence-electron chi connectivity index (χ0n) is 28.6. The molecule has 0 amide bonds. The van der Waals surface area contributed by atoms with Crippen LogP contribution in [0.5, 0.6) is 0 Å². The minimum absolute atomic E-state index is 0.330. The van der Waals surface area contributed by atoms with Crippen molar-refractivity contribution in [2.24, 2.45) is 0 Å². The Balaban J connectivity index is 1.44. The first-order valence-electron chi connectivity index (χ1n) is 17.6. The van der Waals surface area contributed by atoms with Gasteiger partial charge < -0.3 is 19.6 Å². The van der Waals surface area contributed by atoms with Gasteiger partial charge in [0.1, 0.15) is 0 Å². The second-order valence-electron chi connectivity index (χ2n) is 13.5. The number of alkyl halides is 6. The number of fused-ring (bicyclic) bond motifs is 9. The number of aromatic nitrogens is 2. The summed E-state index contributed by atoms with van der Waals surface area (Å²) in [4.78, 5) is 0. The molecule has 12 heteroatoms. The van der Waals surface area contributed by atoms with Gasteiger partial charge in [0.25, 0.3) is 14.8 Å². The second-order valence-corrected chi connectivity index (χ2v) is 13.5. The van der Waals surface area contributed by atoms with Crippen molar-refractivity contribution in [2.75, 3.05) is 10.5 Å². The Hall–Kier alpha value is -4.99. The lowest BCUT2D eigenvalue weighted by atomic mass is 9.75. The Bertz CT molecular complexity index is 2140. The highest BCUT2D eigenvalue weighted by Gasteiger charge is 2.38. The van der Waals surface area contributed by atoms with Gasteiger partial charge in [0.2, 0.25) is 0 Å². The van der Waals surface area contributed by atoms with Crippen LogP contribution in [-0.2, 0) is 25.2 Å². The average Bonchev–Trinajstić information content (AvgIpc) is 3.65. The van der Waals surface area contributed by atoms with Crippen LogP contribution in [0.1, 0.15) is 61.8 Å². The summed E-state index contributed by atoms with van der Waals surface area (Å²) >= 11 is 0. The molecule has 262 valence electrons. The fourth-order valence-electron chi connectivity index (χ4n) is 7.50. The Kier molecular flexibility index (Phi) is 8.46. The van der Waals surface area contributed by atoms with Gasteiger partial charge in [0.05, 0.1) is 33.5 Å². The van der Waals surface area contributed by atoms with E-state index in [1.54, 1.807) is 14.8 Å². The molecule has 2 radical (unpaired) electrons. The number of hydrogen-bond donors (Lipinski definition) is 2. The summed E-state index contributed by atoms with van der Waals surface area (Å²) in [6.07, 6.45) is -2.99. The van der Waals surface area contributed by atoms with Crippen molar-refractivity contribution >= 4 is 48.2 Å². The smallest absolute Gasteiger partial charge is 0.416 e. The molecule has 0 saturated carbocycles. The molecule has 4 nitrogen and oxygen atoms in total. The third-order valence-corrected chi connectivity index (χ3v) is 10.1. The minimum Gasteiger partial charge on any atom is -0.427 e. The van der Waals surface area contributed by atoms with E-state index in [1.807, 2.05) is 24.3 Å². The molecule has 2 aromatic heterocycles. The Labute approximate surface area is 299 Å². The van der Waals surface area contributed by atoms with Crippen LogP contribution in [-0.4, -0.2) is 24.0 Å². The summed E-state index contributed by atoms with van der Waals surface area (Å²) in [6.45, 7) is 4.28. The van der Waals surface area contributed by atoms with E-state index in [0.29, 0.717) is 22.5 Å². The third kappa shape index (κ3) is 5.76. The second kappa shape index (κ2) is 12.9. The molecule has 0 spiro atoms. The van der Waals surface area contributed by atoms with Crippen LogP contribution in [0.3, 0.4) is 0 Å². The molecular weight excluding hydrogens is 672 g/mol. The molecule has 8 rings (SSSR count). The highest BCUT2D eigenvalue weighted by atomic mass is 19.4. The maximum absolute atomic E-state index is 13.9. The number of hydrogen-bond acceptors (Lipinski definition) is 2. The molecule has 0 saturated heterocycles. The van der Waals surface area contributed by atoms with Crippen LogP contribution in [0.15, 0.2) is 84.9 Å². The predicted octanol–water partition coefficient (Wildman–Crippen LogP) is 9.82. The number of unbranched alkanes of at least 4 members (excludes halogenated alkanes) is 2. The number of anilines is 2. The molecule has 2 aliphatic heterocycles. The molecule has 4 aromatic carbocycles. The van der Waals surface area contributed by atoms with E-state index in [2.05, 4.69) is 57.7 Å². The van der Waals surface area contributed by atoms with Gasteiger partial charge >= 0.3 is 12.4 Å². The van der Waals surface area contributed by atoms with Gasteiger partial charge in [-0.2, -0.15) is 26.3 Å². The Morgan fingerprint density at radius 3 is 1.27 bits per heavy atom. The first kappa shape index (κ1) is 34.1. The normalized spacial score (nSPS) is 13.3. The van der Waals surface area contributed by atoms with Crippen molar-refractivity contribution in [3.8, 4) is 33.9 Å². The maximum atomic E-state index is 13.9.